The van der Waals surface area contributed by atoms with Gasteiger partial charge in [0.25, 0.3) is 0 Å². The van der Waals surface area contributed by atoms with E-state index in [-0.39, 0.29) is 21.3 Å². The lowest BCUT2D eigenvalue weighted by Gasteiger charge is -2.13. The van der Waals surface area contributed by atoms with Gasteiger partial charge in [-0.2, -0.15) is 0 Å². The van der Waals surface area contributed by atoms with E-state index < -0.39 is 20.0 Å². The van der Waals surface area contributed by atoms with E-state index in [0.29, 0.717) is 0 Å². The minimum Gasteiger partial charge on any atom is -0.525 e. The van der Waals surface area contributed by atoms with Crippen molar-refractivity contribution in [1.29, 1.82) is 0 Å². The summed E-state index contributed by atoms with van der Waals surface area (Å²) in [6.07, 6.45) is 0. The highest BCUT2D eigenvalue weighted by Gasteiger charge is 2.20. The fraction of sp³-hybridized carbons (Fsp3) is 0.143. The molecule has 0 unspecified atom stereocenters. The molecule has 0 atom stereocenters. The van der Waals surface area contributed by atoms with E-state index in [9.17, 15) is 16.8 Å². The van der Waals surface area contributed by atoms with E-state index in [1.165, 1.54) is 38.4 Å². The topological polar surface area (TPSA) is 111 Å². The van der Waals surface area contributed by atoms with Crippen LogP contribution in [-0.4, -0.2) is 38.6 Å². The molecule has 0 spiro atoms. The Morgan fingerprint density at radius 1 is 0.720 bits per heavy atom. The van der Waals surface area contributed by atoms with Gasteiger partial charge >= 0.3 is 7.69 Å². The zero-order valence-electron chi connectivity index (χ0n) is 13.5. The van der Waals surface area contributed by atoms with Crippen LogP contribution in [0.2, 0.25) is 0 Å². The molecule has 1 radical (unpaired) electrons. The molecule has 0 saturated carbocycles. The Kier molecular flexibility index (Phi) is 6.06. The van der Waals surface area contributed by atoms with Crippen LogP contribution < -0.4 is 18.8 Å². The molecule has 2 rings (SSSR count). The van der Waals surface area contributed by atoms with Gasteiger partial charge < -0.3 is 9.31 Å². The Labute approximate surface area is 147 Å². The first-order valence-electron chi connectivity index (χ1n) is 7.02. The molecular weight excluding hydrogens is 367 g/mol. The van der Waals surface area contributed by atoms with Gasteiger partial charge in [0.1, 0.15) is 21.3 Å². The lowest BCUT2D eigenvalue weighted by molar-refractivity contribution is 0.444. The van der Waals surface area contributed by atoms with Crippen molar-refractivity contribution in [1.82, 2.24) is 9.44 Å². The Balaban J connectivity index is 2.19. The molecular formula is C14H16BN2O6S2. The Morgan fingerprint density at radius 3 is 1.44 bits per heavy atom. The van der Waals surface area contributed by atoms with E-state index in [0.717, 1.165) is 7.69 Å². The second-order valence-corrected chi connectivity index (χ2v) is 8.35. The van der Waals surface area contributed by atoms with Crippen molar-refractivity contribution in [2.24, 2.45) is 0 Å². The summed E-state index contributed by atoms with van der Waals surface area (Å²) in [5.41, 5.74) is 0. The van der Waals surface area contributed by atoms with Crippen LogP contribution >= 0.6 is 0 Å². The van der Waals surface area contributed by atoms with Gasteiger partial charge in [0.2, 0.25) is 20.0 Å². The zero-order chi connectivity index (χ0) is 18.5. The van der Waals surface area contributed by atoms with Crippen LogP contribution in [0.1, 0.15) is 0 Å². The van der Waals surface area contributed by atoms with Gasteiger partial charge in [-0.1, -0.05) is 24.3 Å². The predicted octanol–water partition coefficient (Wildman–Crippen LogP) is 0.495. The van der Waals surface area contributed by atoms with Crippen molar-refractivity contribution >= 4 is 27.7 Å². The van der Waals surface area contributed by atoms with Crippen molar-refractivity contribution in [2.45, 2.75) is 9.79 Å². The van der Waals surface area contributed by atoms with Crippen molar-refractivity contribution in [3.63, 3.8) is 0 Å². The molecule has 0 saturated heterocycles. The van der Waals surface area contributed by atoms with Crippen molar-refractivity contribution in [3.05, 3.63) is 48.5 Å². The summed E-state index contributed by atoms with van der Waals surface area (Å²) < 4.78 is 62.7. The third-order valence-corrected chi connectivity index (χ3v) is 6.07. The largest absolute Gasteiger partial charge is 0.658 e. The monoisotopic (exact) mass is 383 g/mol. The maximum absolute atomic E-state index is 11.9. The maximum Gasteiger partial charge on any atom is 0.658 e. The van der Waals surface area contributed by atoms with E-state index in [1.807, 2.05) is 0 Å². The minimum atomic E-state index is -3.72. The number of nitrogens with one attached hydrogen (secondary N) is 2. The fourth-order valence-corrected chi connectivity index (χ4v) is 3.60. The SMILES string of the molecule is CNS(=O)(=O)c1ccccc1O[B]Oc1ccccc1S(=O)(=O)NC. The number of benzene rings is 2. The number of para-hydroxylation sites is 2. The molecule has 11 heteroatoms. The molecule has 0 aromatic heterocycles. The molecule has 0 aliphatic heterocycles. The van der Waals surface area contributed by atoms with Gasteiger partial charge in [-0.05, 0) is 38.4 Å². The zero-order valence-corrected chi connectivity index (χ0v) is 15.1. The number of hydrogen-bond donors (Lipinski definition) is 2. The van der Waals surface area contributed by atoms with Gasteiger partial charge in [0.05, 0.1) is 0 Å². The summed E-state index contributed by atoms with van der Waals surface area (Å²) in [5.74, 6) is 0.0663. The first kappa shape index (κ1) is 19.3. The Bertz CT molecular complexity index is 870. The molecule has 25 heavy (non-hydrogen) atoms. The average molecular weight is 383 g/mol. The van der Waals surface area contributed by atoms with Crippen molar-refractivity contribution in [3.8, 4) is 11.5 Å². The van der Waals surface area contributed by atoms with Gasteiger partial charge in [0, 0.05) is 0 Å². The first-order chi connectivity index (χ1) is 11.8. The molecule has 0 aliphatic carbocycles. The molecule has 2 aromatic carbocycles. The molecule has 2 aromatic rings. The number of hydrogen-bond acceptors (Lipinski definition) is 6. The number of sulfonamides is 2. The molecule has 0 fully saturated rings. The van der Waals surface area contributed by atoms with Crippen LogP contribution in [0.15, 0.2) is 58.3 Å². The molecule has 8 nitrogen and oxygen atoms in total. The van der Waals surface area contributed by atoms with Crippen LogP contribution in [-0.2, 0) is 20.0 Å². The number of rotatable bonds is 8. The standard InChI is InChI=1S/C14H16BN2O6S2/c1-16-24(18,19)13-9-5-3-7-11(13)22-15-23-12-8-4-6-10-14(12)25(20,21)17-2/h3-10,16-17H,1-2H3. The summed E-state index contributed by atoms with van der Waals surface area (Å²) in [6, 6.07) is 11.9. The molecule has 0 amide bonds. The lowest BCUT2D eigenvalue weighted by atomic mass is 10.3. The normalized spacial score (nSPS) is 11.8. The minimum absolute atomic E-state index is 0.0332. The molecule has 133 valence electrons. The van der Waals surface area contributed by atoms with E-state index >= 15 is 0 Å². The van der Waals surface area contributed by atoms with Crippen LogP contribution in [0.4, 0.5) is 0 Å². The quantitative estimate of drug-likeness (QED) is 0.642. The molecule has 2 N–H and O–H groups in total. The van der Waals surface area contributed by atoms with Crippen LogP contribution in [0.25, 0.3) is 0 Å². The van der Waals surface area contributed by atoms with E-state index in [1.54, 1.807) is 24.3 Å². The summed E-state index contributed by atoms with van der Waals surface area (Å²) in [5, 5.41) is 0. The maximum atomic E-state index is 11.9. The van der Waals surface area contributed by atoms with Gasteiger partial charge in [-0.25, -0.2) is 26.3 Å². The average Bonchev–Trinajstić information content (AvgIpc) is 2.62. The van der Waals surface area contributed by atoms with E-state index in [2.05, 4.69) is 9.44 Å². The van der Waals surface area contributed by atoms with Crippen molar-refractivity contribution in [2.75, 3.05) is 14.1 Å². The third kappa shape index (κ3) is 4.51. The highest BCUT2D eigenvalue weighted by atomic mass is 32.2. The highest BCUT2D eigenvalue weighted by molar-refractivity contribution is 7.89. The Hall–Kier alpha value is -2.08. The summed E-state index contributed by atoms with van der Waals surface area (Å²) in [6.45, 7) is 0. The highest BCUT2D eigenvalue weighted by Crippen LogP contribution is 2.25. The first-order valence-corrected chi connectivity index (χ1v) is 9.98. The molecule has 0 bridgehead atoms. The van der Waals surface area contributed by atoms with Crippen LogP contribution in [0.5, 0.6) is 11.5 Å². The summed E-state index contributed by atoms with van der Waals surface area (Å²) in [4.78, 5) is -0.151. The predicted molar refractivity (Wildman–Crippen MR) is 92.4 cm³/mol. The molecule has 0 aliphatic rings. The van der Waals surface area contributed by atoms with Gasteiger partial charge in [-0.15, -0.1) is 0 Å². The van der Waals surface area contributed by atoms with Gasteiger partial charge in [-0.3, -0.25) is 0 Å². The third-order valence-electron chi connectivity index (χ3n) is 3.16. The lowest BCUT2D eigenvalue weighted by Crippen LogP contribution is -2.22. The fourth-order valence-electron chi connectivity index (χ4n) is 1.89. The van der Waals surface area contributed by atoms with Crippen molar-refractivity contribution < 1.29 is 26.1 Å². The smallest absolute Gasteiger partial charge is 0.525 e. The second kappa shape index (κ2) is 7.87. The Morgan fingerprint density at radius 2 is 1.08 bits per heavy atom. The summed E-state index contributed by atoms with van der Waals surface area (Å²) >= 11 is 0. The van der Waals surface area contributed by atoms with Gasteiger partial charge in [0.15, 0.2) is 0 Å². The van der Waals surface area contributed by atoms with E-state index in [4.69, 9.17) is 9.31 Å². The summed E-state index contributed by atoms with van der Waals surface area (Å²) in [7, 11) is -4.00. The second-order valence-electron chi connectivity index (χ2n) is 4.64. The van der Waals surface area contributed by atoms with Crippen LogP contribution in [0, 0.1) is 0 Å². The molecule has 0 heterocycles. The van der Waals surface area contributed by atoms with Crippen LogP contribution in [0.3, 0.4) is 0 Å².